The number of amides is 2. The summed E-state index contributed by atoms with van der Waals surface area (Å²) < 4.78 is 0. The second kappa shape index (κ2) is 11.6. The molecule has 2 aliphatic rings. The molecule has 2 heterocycles. The van der Waals surface area contributed by atoms with Gasteiger partial charge in [-0.05, 0) is 50.9 Å². The molecule has 34 heavy (non-hydrogen) atoms. The van der Waals surface area contributed by atoms with Crippen molar-refractivity contribution in [1.29, 1.82) is 0 Å². The van der Waals surface area contributed by atoms with Gasteiger partial charge in [-0.2, -0.15) is 0 Å². The van der Waals surface area contributed by atoms with Crippen molar-refractivity contribution in [1.82, 2.24) is 20.0 Å². The Morgan fingerprint density at radius 2 is 1.74 bits per heavy atom. The number of likely N-dealkylation sites (N-methyl/N-ethyl adjacent to an activating group) is 1. The maximum Gasteiger partial charge on any atom is 0.253 e. The molecule has 2 aromatic rings. The van der Waals surface area contributed by atoms with Crippen LogP contribution in [0.25, 0.3) is 0 Å². The summed E-state index contributed by atoms with van der Waals surface area (Å²) in [5.74, 6) is -0.0113. The van der Waals surface area contributed by atoms with Gasteiger partial charge in [-0.25, -0.2) is 0 Å². The highest BCUT2D eigenvalue weighted by Gasteiger charge is 2.29. The molecule has 2 aromatic carbocycles. The molecule has 2 unspecified atom stereocenters. The van der Waals surface area contributed by atoms with Gasteiger partial charge in [-0.15, -0.1) is 0 Å². The Balaban J connectivity index is 1.24. The van der Waals surface area contributed by atoms with Crippen molar-refractivity contribution in [3.63, 3.8) is 0 Å². The van der Waals surface area contributed by atoms with E-state index in [0.29, 0.717) is 24.7 Å². The van der Waals surface area contributed by atoms with Gasteiger partial charge < -0.3 is 15.1 Å². The van der Waals surface area contributed by atoms with Crippen molar-refractivity contribution in [2.24, 2.45) is 5.92 Å². The number of hydrogen-bond donors (Lipinski definition) is 1. The van der Waals surface area contributed by atoms with Gasteiger partial charge in [-0.3, -0.25) is 14.5 Å². The fourth-order valence-electron chi connectivity index (χ4n) is 5.11. The van der Waals surface area contributed by atoms with Gasteiger partial charge in [0.1, 0.15) is 0 Å². The van der Waals surface area contributed by atoms with Gasteiger partial charge in [0.05, 0.1) is 5.92 Å². The summed E-state index contributed by atoms with van der Waals surface area (Å²) in [6, 6.07) is 18.8. The standard InChI is InChI=1S/C28H38N4O2/c1-22-11-13-24(14-12-22)28(34)32-16-6-10-25(20-32)27(33)29-15-7-17-31-19-18-30(2)21-26(31)23-8-4-3-5-9-23/h3-5,8-9,11-14,25-26H,6-7,10,15-21H2,1-2H3,(H,29,33). The van der Waals surface area contributed by atoms with Crippen LogP contribution in [0.4, 0.5) is 0 Å². The molecule has 0 radical (unpaired) electrons. The maximum absolute atomic E-state index is 12.9. The summed E-state index contributed by atoms with van der Waals surface area (Å²) in [7, 11) is 2.19. The Morgan fingerprint density at radius 1 is 0.971 bits per heavy atom. The molecule has 0 aliphatic carbocycles. The van der Waals surface area contributed by atoms with Gasteiger partial charge in [0.25, 0.3) is 5.91 Å². The predicted molar refractivity (Wildman–Crippen MR) is 136 cm³/mol. The lowest BCUT2D eigenvalue weighted by Gasteiger charge is -2.40. The number of benzene rings is 2. The molecule has 2 amide bonds. The first-order chi connectivity index (χ1) is 16.5. The van der Waals surface area contributed by atoms with Crippen LogP contribution in [0.2, 0.25) is 0 Å². The number of hydrogen-bond acceptors (Lipinski definition) is 4. The Labute approximate surface area is 203 Å². The van der Waals surface area contributed by atoms with Crippen LogP contribution in [0.15, 0.2) is 54.6 Å². The van der Waals surface area contributed by atoms with Crippen LogP contribution >= 0.6 is 0 Å². The van der Waals surface area contributed by atoms with E-state index in [4.69, 9.17) is 0 Å². The van der Waals surface area contributed by atoms with E-state index in [-0.39, 0.29) is 17.7 Å². The van der Waals surface area contributed by atoms with E-state index in [9.17, 15) is 9.59 Å². The van der Waals surface area contributed by atoms with Crippen molar-refractivity contribution in [3.05, 3.63) is 71.3 Å². The normalized spacial score (nSPS) is 21.9. The van der Waals surface area contributed by atoms with E-state index in [1.165, 1.54) is 5.56 Å². The van der Waals surface area contributed by atoms with E-state index in [1.807, 2.05) is 36.1 Å². The second-order valence-corrected chi connectivity index (χ2v) is 9.83. The highest BCUT2D eigenvalue weighted by atomic mass is 16.2. The van der Waals surface area contributed by atoms with Gasteiger partial charge in [-0.1, -0.05) is 48.0 Å². The zero-order valence-electron chi connectivity index (χ0n) is 20.6. The number of likely N-dealkylation sites (tertiary alicyclic amines) is 1. The van der Waals surface area contributed by atoms with Crippen LogP contribution in [0.5, 0.6) is 0 Å². The number of aryl methyl sites for hydroxylation is 1. The average molecular weight is 463 g/mol. The lowest BCUT2D eigenvalue weighted by Crippen LogP contribution is -2.48. The molecule has 0 bridgehead atoms. The molecule has 2 aliphatic heterocycles. The molecule has 2 fully saturated rings. The SMILES string of the molecule is Cc1ccc(C(=O)N2CCCC(C(=O)NCCCN3CCN(C)CC3c3ccccc3)C2)cc1. The number of piperazine rings is 1. The largest absolute Gasteiger partial charge is 0.356 e. The lowest BCUT2D eigenvalue weighted by atomic mass is 9.96. The van der Waals surface area contributed by atoms with Crippen molar-refractivity contribution >= 4 is 11.8 Å². The van der Waals surface area contributed by atoms with E-state index in [1.54, 1.807) is 0 Å². The van der Waals surface area contributed by atoms with E-state index in [2.05, 4.69) is 52.5 Å². The van der Waals surface area contributed by atoms with Crippen molar-refractivity contribution < 1.29 is 9.59 Å². The molecule has 0 saturated carbocycles. The van der Waals surface area contributed by atoms with E-state index < -0.39 is 0 Å². The predicted octanol–water partition coefficient (Wildman–Crippen LogP) is 3.34. The van der Waals surface area contributed by atoms with Crippen LogP contribution in [-0.4, -0.2) is 79.4 Å². The number of rotatable bonds is 7. The number of nitrogens with zero attached hydrogens (tertiary/aromatic N) is 3. The monoisotopic (exact) mass is 462 g/mol. The molecular formula is C28H38N4O2. The number of carbonyl (C=O) groups is 2. The highest BCUT2D eigenvalue weighted by Crippen LogP contribution is 2.25. The minimum atomic E-state index is -0.121. The van der Waals surface area contributed by atoms with E-state index >= 15 is 0 Å². The topological polar surface area (TPSA) is 55.9 Å². The third-order valence-corrected chi connectivity index (χ3v) is 7.18. The Morgan fingerprint density at radius 3 is 2.50 bits per heavy atom. The summed E-state index contributed by atoms with van der Waals surface area (Å²) in [5, 5.41) is 3.15. The number of piperidine rings is 1. The molecule has 1 N–H and O–H groups in total. The minimum absolute atomic E-state index is 0.0273. The number of carbonyl (C=O) groups excluding carboxylic acids is 2. The number of nitrogens with one attached hydrogen (secondary N) is 1. The molecule has 0 spiro atoms. The Bertz CT molecular complexity index is 947. The summed E-state index contributed by atoms with van der Waals surface area (Å²) in [4.78, 5) is 32.5. The molecule has 6 nitrogen and oxygen atoms in total. The summed E-state index contributed by atoms with van der Waals surface area (Å²) in [6.07, 6.45) is 2.64. The first-order valence-corrected chi connectivity index (χ1v) is 12.6. The smallest absolute Gasteiger partial charge is 0.253 e. The third kappa shape index (κ3) is 6.24. The summed E-state index contributed by atoms with van der Waals surface area (Å²) in [5.41, 5.74) is 3.20. The quantitative estimate of drug-likeness (QED) is 0.642. The molecule has 2 atom stereocenters. The summed E-state index contributed by atoms with van der Waals surface area (Å²) >= 11 is 0. The highest BCUT2D eigenvalue weighted by molar-refractivity contribution is 5.94. The van der Waals surface area contributed by atoms with Gasteiger partial charge in [0.15, 0.2) is 0 Å². The van der Waals surface area contributed by atoms with Crippen LogP contribution in [-0.2, 0) is 4.79 Å². The van der Waals surface area contributed by atoms with Crippen molar-refractivity contribution in [2.45, 2.75) is 32.2 Å². The lowest BCUT2D eigenvalue weighted by molar-refractivity contribution is -0.126. The third-order valence-electron chi connectivity index (χ3n) is 7.18. The minimum Gasteiger partial charge on any atom is -0.356 e. The Hall–Kier alpha value is -2.70. The van der Waals surface area contributed by atoms with Crippen LogP contribution in [0.3, 0.4) is 0 Å². The molecule has 182 valence electrons. The Kier molecular flexibility index (Phi) is 8.35. The van der Waals surface area contributed by atoms with Crippen molar-refractivity contribution in [2.75, 3.05) is 52.9 Å². The molecule has 2 saturated heterocycles. The van der Waals surface area contributed by atoms with Crippen LogP contribution in [0.1, 0.15) is 46.8 Å². The first-order valence-electron chi connectivity index (χ1n) is 12.6. The molecular weight excluding hydrogens is 424 g/mol. The fourth-order valence-corrected chi connectivity index (χ4v) is 5.11. The van der Waals surface area contributed by atoms with Gasteiger partial charge >= 0.3 is 0 Å². The second-order valence-electron chi connectivity index (χ2n) is 9.83. The maximum atomic E-state index is 12.9. The van der Waals surface area contributed by atoms with Gasteiger partial charge in [0, 0.05) is 57.4 Å². The average Bonchev–Trinajstić information content (AvgIpc) is 2.87. The van der Waals surface area contributed by atoms with Crippen LogP contribution in [0, 0.1) is 12.8 Å². The molecule has 4 rings (SSSR count). The first kappa shape index (κ1) is 24.4. The van der Waals surface area contributed by atoms with Gasteiger partial charge in [0.2, 0.25) is 5.91 Å². The molecule has 6 heteroatoms. The summed E-state index contributed by atoms with van der Waals surface area (Å²) in [6.45, 7) is 8.04. The van der Waals surface area contributed by atoms with Crippen LogP contribution < -0.4 is 5.32 Å². The fraction of sp³-hybridized carbons (Fsp3) is 0.500. The zero-order valence-corrected chi connectivity index (χ0v) is 20.6. The molecule has 0 aromatic heterocycles. The zero-order chi connectivity index (χ0) is 23.9. The van der Waals surface area contributed by atoms with Crippen molar-refractivity contribution in [3.8, 4) is 0 Å². The van der Waals surface area contributed by atoms with E-state index in [0.717, 1.165) is 57.5 Å².